The van der Waals surface area contributed by atoms with Crippen LogP contribution >= 0.6 is 0 Å². The molecule has 6 nitrogen and oxygen atoms in total. The molecule has 6 heteroatoms. The van der Waals surface area contributed by atoms with E-state index in [9.17, 15) is 9.59 Å². The van der Waals surface area contributed by atoms with Crippen LogP contribution in [0.5, 0.6) is 0 Å². The Labute approximate surface area is 165 Å². The van der Waals surface area contributed by atoms with Gasteiger partial charge in [-0.25, -0.2) is 0 Å². The van der Waals surface area contributed by atoms with Gasteiger partial charge in [-0.3, -0.25) is 14.5 Å². The molecule has 2 fully saturated rings. The first-order chi connectivity index (χ1) is 12.8. The predicted molar refractivity (Wildman–Crippen MR) is 108 cm³/mol. The SMILES string of the molecule is CC(C)OCC(=O)NC1CCN(CC2CCN(CC(=O)C(C)C)CC2)CC1. The van der Waals surface area contributed by atoms with Crippen LogP contribution in [-0.4, -0.2) is 79.5 Å². The smallest absolute Gasteiger partial charge is 0.246 e. The highest BCUT2D eigenvalue weighted by Gasteiger charge is 2.26. The van der Waals surface area contributed by atoms with Crippen molar-refractivity contribution < 1.29 is 14.3 Å². The Balaban J connectivity index is 1.60. The maximum atomic E-state index is 11.9. The third kappa shape index (κ3) is 8.28. The molecule has 27 heavy (non-hydrogen) atoms. The van der Waals surface area contributed by atoms with E-state index in [0.717, 1.165) is 51.5 Å². The lowest BCUT2D eigenvalue weighted by molar-refractivity contribution is -0.128. The number of rotatable bonds is 9. The summed E-state index contributed by atoms with van der Waals surface area (Å²) in [6, 6.07) is 0.286. The van der Waals surface area contributed by atoms with Gasteiger partial charge in [0.25, 0.3) is 0 Å². The Bertz CT molecular complexity index is 465. The summed E-state index contributed by atoms with van der Waals surface area (Å²) in [6.45, 7) is 14.0. The molecule has 0 aromatic heterocycles. The minimum atomic E-state index is 0.00506. The number of carbonyl (C=O) groups excluding carboxylic acids is 2. The van der Waals surface area contributed by atoms with Gasteiger partial charge in [0, 0.05) is 31.6 Å². The molecular formula is C21H39N3O3. The highest BCUT2D eigenvalue weighted by atomic mass is 16.5. The summed E-state index contributed by atoms with van der Waals surface area (Å²) in [5, 5.41) is 3.10. The maximum absolute atomic E-state index is 11.9. The number of piperidine rings is 2. The zero-order chi connectivity index (χ0) is 19.8. The van der Waals surface area contributed by atoms with Crippen LogP contribution in [0.1, 0.15) is 53.4 Å². The van der Waals surface area contributed by atoms with Gasteiger partial charge >= 0.3 is 0 Å². The van der Waals surface area contributed by atoms with E-state index < -0.39 is 0 Å². The van der Waals surface area contributed by atoms with Gasteiger partial charge in [-0.2, -0.15) is 0 Å². The molecule has 2 rings (SSSR count). The molecule has 0 aromatic carbocycles. The third-order valence-corrected chi connectivity index (χ3v) is 5.75. The van der Waals surface area contributed by atoms with Crippen LogP contribution in [0.15, 0.2) is 0 Å². The molecule has 0 saturated carbocycles. The largest absolute Gasteiger partial charge is 0.369 e. The Morgan fingerprint density at radius 1 is 0.963 bits per heavy atom. The molecular weight excluding hydrogens is 342 g/mol. The molecule has 2 saturated heterocycles. The normalized spacial score (nSPS) is 21.1. The number of amides is 1. The zero-order valence-corrected chi connectivity index (χ0v) is 17.7. The summed E-state index contributed by atoms with van der Waals surface area (Å²) in [4.78, 5) is 28.7. The van der Waals surface area contributed by atoms with E-state index in [1.54, 1.807) is 0 Å². The molecule has 0 unspecified atom stereocenters. The average molecular weight is 382 g/mol. The minimum absolute atomic E-state index is 0.00506. The number of ketones is 1. The number of hydrogen-bond acceptors (Lipinski definition) is 5. The number of hydrogen-bond donors (Lipinski definition) is 1. The molecule has 1 amide bonds. The van der Waals surface area contributed by atoms with E-state index in [0.29, 0.717) is 12.3 Å². The van der Waals surface area contributed by atoms with Crippen molar-refractivity contribution in [2.24, 2.45) is 11.8 Å². The van der Waals surface area contributed by atoms with Crippen LogP contribution in [0.4, 0.5) is 0 Å². The van der Waals surface area contributed by atoms with Crippen molar-refractivity contribution in [3.8, 4) is 0 Å². The monoisotopic (exact) mass is 381 g/mol. The molecule has 0 spiro atoms. The van der Waals surface area contributed by atoms with Crippen molar-refractivity contribution in [3.63, 3.8) is 0 Å². The number of nitrogens with zero attached hydrogens (tertiary/aromatic N) is 2. The molecule has 2 aliphatic rings. The highest BCUT2D eigenvalue weighted by Crippen LogP contribution is 2.21. The van der Waals surface area contributed by atoms with Gasteiger partial charge in [-0.1, -0.05) is 13.8 Å². The fraction of sp³-hybridized carbons (Fsp3) is 0.905. The minimum Gasteiger partial charge on any atom is -0.369 e. The Hall–Kier alpha value is -0.980. The first-order valence-electron chi connectivity index (χ1n) is 10.7. The molecule has 0 bridgehead atoms. The number of ether oxygens (including phenoxy) is 1. The van der Waals surface area contributed by atoms with Gasteiger partial charge in [0.15, 0.2) is 0 Å². The number of Topliss-reactive ketones (excluding diaryl/α,β-unsaturated/α-hetero) is 1. The van der Waals surface area contributed by atoms with Crippen molar-refractivity contribution in [2.45, 2.75) is 65.5 Å². The van der Waals surface area contributed by atoms with Gasteiger partial charge in [0.2, 0.25) is 5.91 Å². The summed E-state index contributed by atoms with van der Waals surface area (Å²) in [6.07, 6.45) is 4.51. The van der Waals surface area contributed by atoms with Gasteiger partial charge in [-0.05, 0) is 58.5 Å². The van der Waals surface area contributed by atoms with E-state index in [1.807, 2.05) is 27.7 Å². The van der Waals surface area contributed by atoms with Crippen LogP contribution in [0, 0.1) is 11.8 Å². The van der Waals surface area contributed by atoms with E-state index in [-0.39, 0.29) is 30.6 Å². The molecule has 156 valence electrons. The Morgan fingerprint density at radius 2 is 1.56 bits per heavy atom. The summed E-state index contributed by atoms with van der Waals surface area (Å²) in [5.41, 5.74) is 0. The number of carbonyl (C=O) groups is 2. The van der Waals surface area contributed by atoms with Gasteiger partial charge in [0.05, 0.1) is 12.6 Å². The standard InChI is InChI=1S/C21H39N3O3/c1-16(2)20(25)14-24-9-5-18(6-10-24)13-23-11-7-19(8-12-23)22-21(26)15-27-17(3)4/h16-19H,5-15H2,1-4H3,(H,22,26). The first kappa shape index (κ1) is 22.3. The second kappa shape index (κ2) is 11.1. The van der Waals surface area contributed by atoms with E-state index in [2.05, 4.69) is 15.1 Å². The van der Waals surface area contributed by atoms with Crippen LogP contribution in [0.3, 0.4) is 0 Å². The Kier molecular flexibility index (Phi) is 9.19. The molecule has 0 aliphatic carbocycles. The molecule has 1 N–H and O–H groups in total. The molecule has 0 radical (unpaired) electrons. The topological polar surface area (TPSA) is 61.9 Å². The average Bonchev–Trinajstić information content (AvgIpc) is 2.63. The second-order valence-electron chi connectivity index (χ2n) is 8.84. The Morgan fingerprint density at radius 3 is 2.11 bits per heavy atom. The number of nitrogens with one attached hydrogen (secondary N) is 1. The summed E-state index contributed by atoms with van der Waals surface area (Å²) >= 11 is 0. The second-order valence-corrected chi connectivity index (χ2v) is 8.84. The van der Waals surface area contributed by atoms with Crippen LogP contribution in [-0.2, 0) is 14.3 Å². The van der Waals surface area contributed by atoms with Crippen molar-refractivity contribution in [1.82, 2.24) is 15.1 Å². The van der Waals surface area contributed by atoms with Crippen LogP contribution in [0.25, 0.3) is 0 Å². The van der Waals surface area contributed by atoms with Crippen LogP contribution < -0.4 is 5.32 Å². The fourth-order valence-electron chi connectivity index (χ4n) is 3.87. The van der Waals surface area contributed by atoms with Crippen molar-refractivity contribution in [1.29, 1.82) is 0 Å². The molecule has 2 heterocycles. The van der Waals surface area contributed by atoms with Gasteiger partial charge < -0.3 is 15.0 Å². The lowest BCUT2D eigenvalue weighted by Gasteiger charge is -2.37. The summed E-state index contributed by atoms with van der Waals surface area (Å²) < 4.78 is 5.36. The highest BCUT2D eigenvalue weighted by molar-refractivity contribution is 5.82. The summed E-state index contributed by atoms with van der Waals surface area (Å²) in [5.74, 6) is 1.24. The van der Waals surface area contributed by atoms with Crippen molar-refractivity contribution in [3.05, 3.63) is 0 Å². The van der Waals surface area contributed by atoms with Gasteiger partial charge in [-0.15, -0.1) is 0 Å². The van der Waals surface area contributed by atoms with E-state index in [4.69, 9.17) is 4.74 Å². The fourth-order valence-corrected chi connectivity index (χ4v) is 3.87. The number of likely N-dealkylation sites (tertiary alicyclic amines) is 2. The predicted octanol–water partition coefficient (Wildman–Crippen LogP) is 1.93. The van der Waals surface area contributed by atoms with E-state index in [1.165, 1.54) is 12.8 Å². The maximum Gasteiger partial charge on any atom is 0.246 e. The molecule has 0 aromatic rings. The van der Waals surface area contributed by atoms with Crippen molar-refractivity contribution >= 4 is 11.7 Å². The zero-order valence-electron chi connectivity index (χ0n) is 17.7. The van der Waals surface area contributed by atoms with Crippen LogP contribution in [0.2, 0.25) is 0 Å². The molecule has 2 aliphatic heterocycles. The van der Waals surface area contributed by atoms with Crippen molar-refractivity contribution in [2.75, 3.05) is 45.9 Å². The molecule has 0 atom stereocenters. The quantitative estimate of drug-likeness (QED) is 0.661. The van der Waals surface area contributed by atoms with E-state index >= 15 is 0 Å². The lowest BCUT2D eigenvalue weighted by atomic mass is 9.94. The summed E-state index contributed by atoms with van der Waals surface area (Å²) in [7, 11) is 0. The first-order valence-corrected chi connectivity index (χ1v) is 10.7. The lowest BCUT2D eigenvalue weighted by Crippen LogP contribution is -2.47. The third-order valence-electron chi connectivity index (χ3n) is 5.75. The van der Waals surface area contributed by atoms with Gasteiger partial charge in [0.1, 0.15) is 12.4 Å².